The molecular weight excluding hydrogens is 320 g/mol. The predicted molar refractivity (Wildman–Crippen MR) is 81.5 cm³/mol. The minimum atomic E-state index is -3.56. The molecule has 0 spiro atoms. The zero-order valence-corrected chi connectivity index (χ0v) is 13.2. The molecule has 1 aromatic rings. The molecule has 7 nitrogen and oxygen atoms in total. The zero-order chi connectivity index (χ0) is 16.7. The largest absolute Gasteiger partial charge is 0.480 e. The van der Waals surface area contributed by atoms with Crippen molar-refractivity contribution in [3.63, 3.8) is 0 Å². The number of sulfonamides is 1. The summed E-state index contributed by atoms with van der Waals surface area (Å²) >= 11 is 0. The van der Waals surface area contributed by atoms with E-state index in [1.807, 2.05) is 0 Å². The number of carboxylic acid groups (broad SMARTS) is 1. The van der Waals surface area contributed by atoms with Crippen molar-refractivity contribution in [1.82, 2.24) is 10.0 Å². The first-order valence-corrected chi connectivity index (χ1v) is 8.99. The number of benzene rings is 1. The van der Waals surface area contributed by atoms with Gasteiger partial charge in [-0.25, -0.2) is 17.9 Å². The van der Waals surface area contributed by atoms with Crippen LogP contribution in [0.5, 0.6) is 0 Å². The van der Waals surface area contributed by atoms with E-state index in [-0.39, 0.29) is 16.5 Å². The lowest BCUT2D eigenvalue weighted by Gasteiger charge is -2.38. The van der Waals surface area contributed by atoms with Gasteiger partial charge in [0.05, 0.1) is 4.90 Å². The summed E-state index contributed by atoms with van der Waals surface area (Å²) in [6, 6.07) is 5.51. The van der Waals surface area contributed by atoms with Crippen LogP contribution in [0.4, 0.5) is 0 Å². The van der Waals surface area contributed by atoms with Gasteiger partial charge in [-0.3, -0.25) is 4.79 Å². The molecule has 0 aliphatic heterocycles. The Morgan fingerprint density at radius 1 is 1.13 bits per heavy atom. The molecule has 2 aliphatic rings. The summed E-state index contributed by atoms with van der Waals surface area (Å²) < 4.78 is 26.7. The molecule has 0 saturated heterocycles. The smallest absolute Gasteiger partial charge is 0.329 e. The average Bonchev–Trinajstić information content (AvgIpc) is 3.25. The second-order valence-corrected chi connectivity index (χ2v) is 7.83. The Balaban J connectivity index is 1.71. The highest BCUT2D eigenvalue weighted by molar-refractivity contribution is 7.89. The fourth-order valence-corrected chi connectivity index (χ4v) is 3.79. The second-order valence-electron chi connectivity index (χ2n) is 6.11. The molecule has 3 N–H and O–H groups in total. The highest BCUT2D eigenvalue weighted by Crippen LogP contribution is 2.32. The number of nitrogens with one attached hydrogen (secondary N) is 2. The molecule has 0 heterocycles. The number of aliphatic carboxylic acids is 1. The van der Waals surface area contributed by atoms with Crippen molar-refractivity contribution in [2.45, 2.75) is 48.6 Å². The molecule has 2 saturated carbocycles. The summed E-state index contributed by atoms with van der Waals surface area (Å²) in [7, 11) is -3.56. The standard InChI is InChI=1S/C15H18N2O5S/c18-13(16-15(14(19)20)8-1-9-15)10-2-6-12(7-3-10)23(21,22)17-11-4-5-11/h2-3,6-7,11,17H,1,4-5,8-9H2,(H,16,18)(H,19,20). The summed E-state index contributed by atoms with van der Waals surface area (Å²) in [5.74, 6) is -1.55. The Morgan fingerprint density at radius 2 is 1.74 bits per heavy atom. The molecule has 0 radical (unpaired) electrons. The van der Waals surface area contributed by atoms with Crippen LogP contribution >= 0.6 is 0 Å². The van der Waals surface area contributed by atoms with Gasteiger partial charge in [-0.15, -0.1) is 0 Å². The Hall–Kier alpha value is -1.93. The molecule has 0 aromatic heterocycles. The first-order chi connectivity index (χ1) is 10.8. The summed E-state index contributed by atoms with van der Waals surface area (Å²) in [4.78, 5) is 23.5. The number of carbonyl (C=O) groups excluding carboxylic acids is 1. The summed E-state index contributed by atoms with van der Waals surface area (Å²) in [6.45, 7) is 0. The van der Waals surface area contributed by atoms with E-state index in [1.165, 1.54) is 24.3 Å². The van der Waals surface area contributed by atoms with Crippen LogP contribution in [0.3, 0.4) is 0 Å². The number of hydrogen-bond acceptors (Lipinski definition) is 4. The molecule has 0 unspecified atom stereocenters. The van der Waals surface area contributed by atoms with Crippen LogP contribution in [0.15, 0.2) is 29.2 Å². The Bertz CT molecular complexity index is 734. The van der Waals surface area contributed by atoms with Crippen molar-refractivity contribution < 1.29 is 23.1 Å². The van der Waals surface area contributed by atoms with E-state index in [0.29, 0.717) is 12.8 Å². The minimum Gasteiger partial charge on any atom is -0.480 e. The van der Waals surface area contributed by atoms with Crippen molar-refractivity contribution in [1.29, 1.82) is 0 Å². The average molecular weight is 338 g/mol. The second kappa shape index (κ2) is 5.61. The maximum absolute atomic E-state index is 12.2. The molecule has 2 aliphatic carbocycles. The van der Waals surface area contributed by atoms with Crippen molar-refractivity contribution in [2.75, 3.05) is 0 Å². The van der Waals surface area contributed by atoms with E-state index < -0.39 is 27.4 Å². The molecule has 0 atom stereocenters. The zero-order valence-electron chi connectivity index (χ0n) is 12.4. The van der Waals surface area contributed by atoms with Crippen LogP contribution in [-0.2, 0) is 14.8 Å². The maximum Gasteiger partial charge on any atom is 0.329 e. The van der Waals surface area contributed by atoms with Gasteiger partial charge in [0.25, 0.3) is 5.91 Å². The first-order valence-electron chi connectivity index (χ1n) is 7.51. The molecule has 0 bridgehead atoms. The van der Waals surface area contributed by atoms with Gasteiger partial charge in [0.1, 0.15) is 5.54 Å². The third-order valence-corrected chi connectivity index (χ3v) is 5.83. The third kappa shape index (κ3) is 3.23. The predicted octanol–water partition coefficient (Wildman–Crippen LogP) is 0.864. The lowest BCUT2D eigenvalue weighted by atomic mass is 9.76. The lowest BCUT2D eigenvalue weighted by Crippen LogP contribution is -2.59. The highest BCUT2D eigenvalue weighted by Gasteiger charge is 2.45. The van der Waals surface area contributed by atoms with Gasteiger partial charge in [-0.05, 0) is 56.4 Å². The number of amides is 1. The Labute approximate surface area is 134 Å². The molecule has 1 amide bonds. The van der Waals surface area contributed by atoms with Gasteiger partial charge in [0.2, 0.25) is 10.0 Å². The van der Waals surface area contributed by atoms with Crippen molar-refractivity contribution in [3.8, 4) is 0 Å². The fraction of sp³-hybridized carbons (Fsp3) is 0.467. The lowest BCUT2D eigenvalue weighted by molar-refractivity contribution is -0.148. The molecule has 1 aromatic carbocycles. The summed E-state index contributed by atoms with van der Waals surface area (Å²) in [5.41, 5.74) is -0.946. The summed E-state index contributed by atoms with van der Waals surface area (Å²) in [6.07, 6.45) is 3.27. The van der Waals surface area contributed by atoms with E-state index in [1.54, 1.807) is 0 Å². The molecule has 23 heavy (non-hydrogen) atoms. The number of hydrogen-bond donors (Lipinski definition) is 3. The van der Waals surface area contributed by atoms with E-state index in [0.717, 1.165) is 19.3 Å². The van der Waals surface area contributed by atoms with Gasteiger partial charge in [0, 0.05) is 11.6 Å². The quantitative estimate of drug-likeness (QED) is 0.712. The Kier molecular flexibility index (Phi) is 3.89. The van der Waals surface area contributed by atoms with Crippen molar-refractivity contribution in [2.24, 2.45) is 0 Å². The van der Waals surface area contributed by atoms with Crippen LogP contribution in [0, 0.1) is 0 Å². The SMILES string of the molecule is O=C(NC1(C(=O)O)CCC1)c1ccc(S(=O)(=O)NC2CC2)cc1. The fourth-order valence-electron chi connectivity index (χ4n) is 2.49. The van der Waals surface area contributed by atoms with Crippen LogP contribution in [0.1, 0.15) is 42.5 Å². The molecular formula is C15H18N2O5S. The number of rotatable bonds is 6. The van der Waals surface area contributed by atoms with E-state index >= 15 is 0 Å². The van der Waals surface area contributed by atoms with Crippen molar-refractivity contribution >= 4 is 21.9 Å². The van der Waals surface area contributed by atoms with Crippen LogP contribution < -0.4 is 10.0 Å². The van der Waals surface area contributed by atoms with Gasteiger partial charge >= 0.3 is 5.97 Å². The molecule has 3 rings (SSSR count). The highest BCUT2D eigenvalue weighted by atomic mass is 32.2. The van der Waals surface area contributed by atoms with E-state index in [4.69, 9.17) is 0 Å². The molecule has 2 fully saturated rings. The van der Waals surface area contributed by atoms with E-state index in [9.17, 15) is 23.1 Å². The number of carboxylic acids is 1. The molecule has 124 valence electrons. The van der Waals surface area contributed by atoms with Gasteiger partial charge in [-0.2, -0.15) is 0 Å². The molecule has 8 heteroatoms. The first kappa shape index (κ1) is 15.9. The van der Waals surface area contributed by atoms with Crippen molar-refractivity contribution in [3.05, 3.63) is 29.8 Å². The third-order valence-electron chi connectivity index (χ3n) is 4.30. The van der Waals surface area contributed by atoms with Crippen LogP contribution in [-0.4, -0.2) is 37.0 Å². The van der Waals surface area contributed by atoms with Crippen LogP contribution in [0.2, 0.25) is 0 Å². The maximum atomic E-state index is 12.2. The van der Waals surface area contributed by atoms with E-state index in [2.05, 4.69) is 10.0 Å². The van der Waals surface area contributed by atoms with Gasteiger partial charge < -0.3 is 10.4 Å². The van der Waals surface area contributed by atoms with Gasteiger partial charge in [-0.1, -0.05) is 0 Å². The number of carbonyl (C=O) groups is 2. The minimum absolute atomic E-state index is 0.0111. The topological polar surface area (TPSA) is 113 Å². The monoisotopic (exact) mass is 338 g/mol. The van der Waals surface area contributed by atoms with Gasteiger partial charge in [0.15, 0.2) is 0 Å². The summed E-state index contributed by atoms with van der Waals surface area (Å²) in [5, 5.41) is 11.8. The normalized spacial score (nSPS) is 19.7. The van der Waals surface area contributed by atoms with Crippen LogP contribution in [0.25, 0.3) is 0 Å². The Morgan fingerprint density at radius 3 is 2.17 bits per heavy atom.